The van der Waals surface area contributed by atoms with Gasteiger partial charge in [-0.15, -0.1) is 0 Å². The zero-order chi connectivity index (χ0) is 12.9. The van der Waals surface area contributed by atoms with E-state index in [1.165, 1.54) is 12.8 Å². The van der Waals surface area contributed by atoms with Crippen molar-refractivity contribution in [3.8, 4) is 0 Å². The van der Waals surface area contributed by atoms with Gasteiger partial charge in [-0.3, -0.25) is 0 Å². The first-order valence-corrected chi connectivity index (χ1v) is 7.11. The highest BCUT2D eigenvalue weighted by atomic mass is 16.5. The maximum atomic E-state index is 5.73. The second-order valence-electron chi connectivity index (χ2n) is 5.81. The molecule has 1 saturated carbocycles. The van der Waals surface area contributed by atoms with Crippen molar-refractivity contribution in [1.29, 1.82) is 0 Å². The largest absolute Gasteiger partial charge is 0.378 e. The summed E-state index contributed by atoms with van der Waals surface area (Å²) in [5.74, 6) is 0.674. The van der Waals surface area contributed by atoms with Gasteiger partial charge >= 0.3 is 0 Å². The zero-order valence-corrected chi connectivity index (χ0v) is 12.0. The molecule has 3 N–H and O–H groups in total. The molecule has 0 aromatic heterocycles. The molecule has 17 heavy (non-hydrogen) atoms. The first-order chi connectivity index (χ1) is 8.06. The lowest BCUT2D eigenvalue weighted by molar-refractivity contribution is -0.114. The van der Waals surface area contributed by atoms with Crippen LogP contribution in [-0.4, -0.2) is 31.8 Å². The third kappa shape index (κ3) is 3.67. The van der Waals surface area contributed by atoms with Crippen LogP contribution in [0.2, 0.25) is 0 Å². The van der Waals surface area contributed by atoms with Crippen molar-refractivity contribution in [2.75, 3.05) is 19.7 Å². The topological polar surface area (TPSA) is 47.3 Å². The Labute approximate surface area is 106 Å². The van der Waals surface area contributed by atoms with E-state index in [9.17, 15) is 0 Å². The number of ether oxygens (including phenoxy) is 1. The van der Waals surface area contributed by atoms with Gasteiger partial charge in [0.25, 0.3) is 0 Å². The molecule has 0 aliphatic heterocycles. The average Bonchev–Trinajstić information content (AvgIpc) is 2.32. The Hall–Kier alpha value is -0.120. The quantitative estimate of drug-likeness (QED) is 0.685. The normalized spacial score (nSPS) is 28.8. The van der Waals surface area contributed by atoms with Crippen LogP contribution in [0.25, 0.3) is 0 Å². The van der Waals surface area contributed by atoms with Gasteiger partial charge < -0.3 is 15.8 Å². The summed E-state index contributed by atoms with van der Waals surface area (Å²) in [6, 6.07) is 0.606. The van der Waals surface area contributed by atoms with Gasteiger partial charge in [0.2, 0.25) is 0 Å². The molecule has 3 atom stereocenters. The molecule has 1 rings (SSSR count). The third-order valence-electron chi connectivity index (χ3n) is 4.40. The number of hydrogen-bond acceptors (Lipinski definition) is 3. The molecule has 3 unspecified atom stereocenters. The summed E-state index contributed by atoms with van der Waals surface area (Å²) < 4.78 is 5.73. The van der Waals surface area contributed by atoms with E-state index >= 15 is 0 Å². The van der Waals surface area contributed by atoms with Gasteiger partial charge in [0.05, 0.1) is 6.10 Å². The second-order valence-corrected chi connectivity index (χ2v) is 5.81. The van der Waals surface area contributed by atoms with Crippen molar-refractivity contribution in [3.63, 3.8) is 0 Å². The van der Waals surface area contributed by atoms with Crippen LogP contribution in [-0.2, 0) is 4.74 Å². The second kappa shape index (κ2) is 6.72. The van der Waals surface area contributed by atoms with Crippen molar-refractivity contribution in [2.45, 2.75) is 59.1 Å². The van der Waals surface area contributed by atoms with E-state index in [1.807, 2.05) is 0 Å². The molecule has 102 valence electrons. The Morgan fingerprint density at radius 1 is 1.41 bits per heavy atom. The fourth-order valence-corrected chi connectivity index (χ4v) is 2.67. The van der Waals surface area contributed by atoms with Crippen LogP contribution in [0, 0.1) is 11.3 Å². The summed E-state index contributed by atoms with van der Waals surface area (Å²) in [4.78, 5) is 0. The molecular weight excluding hydrogens is 212 g/mol. The maximum Gasteiger partial charge on any atom is 0.0655 e. The summed E-state index contributed by atoms with van der Waals surface area (Å²) in [5.41, 5.74) is 5.99. The summed E-state index contributed by atoms with van der Waals surface area (Å²) in [5, 5.41) is 3.66. The van der Waals surface area contributed by atoms with Crippen LogP contribution in [0.15, 0.2) is 0 Å². The molecule has 1 aliphatic carbocycles. The Morgan fingerprint density at radius 2 is 2.12 bits per heavy atom. The van der Waals surface area contributed by atoms with Crippen molar-refractivity contribution in [3.05, 3.63) is 0 Å². The van der Waals surface area contributed by atoms with E-state index in [2.05, 4.69) is 33.0 Å². The molecule has 1 fully saturated rings. The van der Waals surface area contributed by atoms with Gasteiger partial charge in [-0.1, -0.05) is 27.2 Å². The van der Waals surface area contributed by atoms with Crippen molar-refractivity contribution >= 4 is 0 Å². The van der Waals surface area contributed by atoms with Crippen LogP contribution in [0.4, 0.5) is 0 Å². The Bertz CT molecular complexity index is 214. The monoisotopic (exact) mass is 242 g/mol. The lowest BCUT2D eigenvalue weighted by Crippen LogP contribution is -2.61. The minimum atomic E-state index is 0.278. The first-order valence-electron chi connectivity index (χ1n) is 7.11. The van der Waals surface area contributed by atoms with Gasteiger partial charge in [-0.2, -0.15) is 0 Å². The Morgan fingerprint density at radius 3 is 2.59 bits per heavy atom. The molecule has 0 spiro atoms. The zero-order valence-electron chi connectivity index (χ0n) is 12.0. The maximum absolute atomic E-state index is 5.73. The van der Waals surface area contributed by atoms with Crippen molar-refractivity contribution in [1.82, 2.24) is 5.32 Å². The van der Waals surface area contributed by atoms with Crippen LogP contribution >= 0.6 is 0 Å². The van der Waals surface area contributed by atoms with E-state index in [0.29, 0.717) is 18.1 Å². The van der Waals surface area contributed by atoms with Crippen LogP contribution in [0.3, 0.4) is 0 Å². The van der Waals surface area contributed by atoms with Gasteiger partial charge in [-0.05, 0) is 38.8 Å². The molecule has 0 heterocycles. The lowest BCUT2D eigenvalue weighted by Gasteiger charge is -2.52. The summed E-state index contributed by atoms with van der Waals surface area (Å²) >= 11 is 0. The average molecular weight is 242 g/mol. The number of rotatable bonds is 8. The SMILES string of the molecule is CCOC1CC(NCCC(CC)CN)C1(C)C. The van der Waals surface area contributed by atoms with Crippen LogP contribution in [0.1, 0.15) is 47.0 Å². The summed E-state index contributed by atoms with van der Waals surface area (Å²) in [6.45, 7) is 11.6. The smallest absolute Gasteiger partial charge is 0.0655 e. The van der Waals surface area contributed by atoms with Gasteiger partial charge in [-0.25, -0.2) is 0 Å². The minimum Gasteiger partial charge on any atom is -0.378 e. The number of hydrogen-bond donors (Lipinski definition) is 2. The number of nitrogens with two attached hydrogens (primary N) is 1. The molecule has 0 aromatic carbocycles. The molecule has 0 aromatic rings. The molecule has 1 aliphatic rings. The van der Waals surface area contributed by atoms with Crippen molar-refractivity contribution < 1.29 is 4.74 Å². The van der Waals surface area contributed by atoms with Crippen LogP contribution < -0.4 is 11.1 Å². The van der Waals surface area contributed by atoms with Gasteiger partial charge in [0.15, 0.2) is 0 Å². The predicted molar refractivity (Wildman–Crippen MR) is 73.1 cm³/mol. The standard InChI is InChI=1S/C14H30N2O/c1-5-11(10-15)7-8-16-12-9-13(17-6-2)14(12,3)4/h11-13,16H,5-10,15H2,1-4H3. The fraction of sp³-hybridized carbons (Fsp3) is 1.00. The minimum absolute atomic E-state index is 0.278. The molecule has 0 radical (unpaired) electrons. The Balaban J connectivity index is 2.21. The predicted octanol–water partition coefficient (Wildman–Crippen LogP) is 2.15. The van der Waals surface area contributed by atoms with Gasteiger partial charge in [0.1, 0.15) is 0 Å². The molecule has 0 saturated heterocycles. The van der Waals surface area contributed by atoms with E-state index in [1.54, 1.807) is 0 Å². The van der Waals surface area contributed by atoms with Crippen LogP contribution in [0.5, 0.6) is 0 Å². The highest BCUT2D eigenvalue weighted by Crippen LogP contribution is 2.42. The fourth-order valence-electron chi connectivity index (χ4n) is 2.67. The summed E-state index contributed by atoms with van der Waals surface area (Å²) in [6.07, 6.45) is 3.97. The summed E-state index contributed by atoms with van der Waals surface area (Å²) in [7, 11) is 0. The van der Waals surface area contributed by atoms with Gasteiger partial charge in [0, 0.05) is 18.1 Å². The molecule has 3 heteroatoms. The van der Waals surface area contributed by atoms with Crippen molar-refractivity contribution in [2.24, 2.45) is 17.1 Å². The first kappa shape index (κ1) is 14.9. The van der Waals surface area contributed by atoms with E-state index < -0.39 is 0 Å². The number of nitrogens with one attached hydrogen (secondary N) is 1. The lowest BCUT2D eigenvalue weighted by atomic mass is 9.64. The molecule has 0 amide bonds. The highest BCUT2D eigenvalue weighted by molar-refractivity contribution is 5.02. The molecule has 3 nitrogen and oxygen atoms in total. The van der Waals surface area contributed by atoms with E-state index in [4.69, 9.17) is 10.5 Å². The third-order valence-corrected chi connectivity index (χ3v) is 4.40. The van der Waals surface area contributed by atoms with E-state index in [-0.39, 0.29) is 5.41 Å². The highest BCUT2D eigenvalue weighted by Gasteiger charge is 2.48. The molecule has 0 bridgehead atoms. The molecular formula is C14H30N2O. The van der Waals surface area contributed by atoms with E-state index in [0.717, 1.165) is 26.1 Å². The Kier molecular flexibility index (Phi) is 5.90.